The van der Waals surface area contributed by atoms with E-state index in [2.05, 4.69) is 20.8 Å². The zero-order chi connectivity index (χ0) is 19.9. The normalized spacial score (nSPS) is 10.7. The van der Waals surface area contributed by atoms with Crippen LogP contribution in [0.1, 0.15) is 18.3 Å². The highest BCUT2D eigenvalue weighted by Crippen LogP contribution is 2.20. The van der Waals surface area contributed by atoms with Crippen LogP contribution in [0.3, 0.4) is 0 Å². The van der Waals surface area contributed by atoms with Gasteiger partial charge in [0.1, 0.15) is 0 Å². The van der Waals surface area contributed by atoms with E-state index in [1.807, 2.05) is 66.9 Å². The molecule has 0 aliphatic heterocycles. The number of halogens is 1. The lowest BCUT2D eigenvalue weighted by molar-refractivity contribution is -0.113. The Morgan fingerprint density at radius 2 is 1.93 bits per heavy atom. The van der Waals surface area contributed by atoms with Crippen molar-refractivity contribution < 1.29 is 4.79 Å². The Morgan fingerprint density at radius 1 is 1.14 bits per heavy atom. The number of anilines is 2. The van der Waals surface area contributed by atoms with Crippen molar-refractivity contribution in [2.45, 2.75) is 32.1 Å². The van der Waals surface area contributed by atoms with Gasteiger partial charge in [-0.05, 0) is 44.2 Å². The molecule has 2 aromatic carbocycles. The van der Waals surface area contributed by atoms with Crippen molar-refractivity contribution in [3.8, 4) is 0 Å². The summed E-state index contributed by atoms with van der Waals surface area (Å²) in [4.78, 5) is 12.2. The first-order valence-electron chi connectivity index (χ1n) is 8.96. The number of hydrogen-bond acceptors (Lipinski definition) is 5. The third kappa shape index (κ3) is 5.50. The average Bonchev–Trinajstić information content (AvgIpc) is 3.08. The second kappa shape index (κ2) is 9.61. The highest BCUT2D eigenvalue weighted by Gasteiger charge is 2.13. The van der Waals surface area contributed by atoms with Gasteiger partial charge in [0.05, 0.1) is 12.3 Å². The number of aromatic nitrogens is 3. The zero-order valence-corrected chi connectivity index (χ0v) is 17.3. The Morgan fingerprint density at radius 3 is 2.64 bits per heavy atom. The summed E-state index contributed by atoms with van der Waals surface area (Å²) in [5, 5.41) is 16.1. The molecule has 0 bridgehead atoms. The van der Waals surface area contributed by atoms with E-state index >= 15 is 0 Å². The zero-order valence-electron chi connectivity index (χ0n) is 15.8. The van der Waals surface area contributed by atoms with E-state index in [0.29, 0.717) is 11.6 Å². The maximum absolute atomic E-state index is 12.2. The predicted molar refractivity (Wildman–Crippen MR) is 115 cm³/mol. The fraction of sp³-hybridized carbons (Fsp3) is 0.250. The van der Waals surface area contributed by atoms with E-state index < -0.39 is 0 Å². The molecular weight excluding hydrogens is 394 g/mol. The molecule has 0 aliphatic rings. The molecule has 3 rings (SSSR count). The highest BCUT2D eigenvalue weighted by molar-refractivity contribution is 7.99. The second-order valence-electron chi connectivity index (χ2n) is 6.21. The first-order chi connectivity index (χ1) is 13.5. The number of benzene rings is 2. The molecule has 0 unspecified atom stereocenters. The SMILES string of the molecule is CCn1c(CNc2cccc(Cl)c2)nnc1SCC(=O)Nc1ccc(C)cc1. The topological polar surface area (TPSA) is 71.8 Å². The van der Waals surface area contributed by atoms with Gasteiger partial charge in [-0.3, -0.25) is 4.79 Å². The van der Waals surface area contributed by atoms with Crippen molar-refractivity contribution in [1.82, 2.24) is 14.8 Å². The van der Waals surface area contributed by atoms with Crippen LogP contribution in [0.2, 0.25) is 5.02 Å². The van der Waals surface area contributed by atoms with Crippen LogP contribution in [-0.4, -0.2) is 26.4 Å². The fourth-order valence-electron chi connectivity index (χ4n) is 2.62. The lowest BCUT2D eigenvalue weighted by Gasteiger charge is -2.09. The van der Waals surface area contributed by atoms with Crippen LogP contribution in [0.25, 0.3) is 0 Å². The Bertz CT molecular complexity index is 942. The standard InChI is InChI=1S/C20H22ClN5OS/c1-3-26-18(12-22-17-6-4-5-15(21)11-17)24-25-20(26)28-13-19(27)23-16-9-7-14(2)8-10-16/h4-11,22H,3,12-13H2,1-2H3,(H,23,27). The Hall–Kier alpha value is -2.51. The molecule has 0 aliphatic carbocycles. The van der Waals surface area contributed by atoms with Gasteiger partial charge in [0.25, 0.3) is 0 Å². The Labute approximate surface area is 173 Å². The summed E-state index contributed by atoms with van der Waals surface area (Å²) < 4.78 is 2.00. The van der Waals surface area contributed by atoms with Crippen molar-refractivity contribution in [3.05, 3.63) is 64.9 Å². The van der Waals surface area contributed by atoms with Gasteiger partial charge in [0, 0.05) is 22.9 Å². The van der Waals surface area contributed by atoms with E-state index in [0.717, 1.165) is 34.5 Å². The molecule has 1 amide bonds. The van der Waals surface area contributed by atoms with Crippen LogP contribution < -0.4 is 10.6 Å². The molecule has 0 atom stereocenters. The van der Waals surface area contributed by atoms with E-state index in [-0.39, 0.29) is 11.7 Å². The quantitative estimate of drug-likeness (QED) is 0.526. The number of rotatable bonds is 8. The summed E-state index contributed by atoms with van der Waals surface area (Å²) in [6.45, 7) is 5.29. The number of amides is 1. The predicted octanol–water partition coefficient (Wildman–Crippen LogP) is 4.60. The van der Waals surface area contributed by atoms with Gasteiger partial charge in [-0.2, -0.15) is 0 Å². The summed E-state index contributed by atoms with van der Waals surface area (Å²) in [6, 6.07) is 15.3. The van der Waals surface area contributed by atoms with Gasteiger partial charge in [0.15, 0.2) is 11.0 Å². The van der Waals surface area contributed by atoms with E-state index in [1.54, 1.807) is 0 Å². The molecule has 0 spiro atoms. The number of nitrogens with zero attached hydrogens (tertiary/aromatic N) is 3. The van der Waals surface area contributed by atoms with Crippen molar-refractivity contribution in [1.29, 1.82) is 0 Å². The number of carbonyl (C=O) groups is 1. The molecule has 146 valence electrons. The monoisotopic (exact) mass is 415 g/mol. The molecule has 0 radical (unpaired) electrons. The molecule has 2 N–H and O–H groups in total. The maximum Gasteiger partial charge on any atom is 0.234 e. The first-order valence-corrected chi connectivity index (χ1v) is 10.3. The van der Waals surface area contributed by atoms with Crippen LogP contribution in [0, 0.1) is 6.92 Å². The van der Waals surface area contributed by atoms with Crippen LogP contribution in [-0.2, 0) is 17.9 Å². The number of nitrogens with one attached hydrogen (secondary N) is 2. The van der Waals surface area contributed by atoms with Gasteiger partial charge in [-0.25, -0.2) is 0 Å². The summed E-state index contributed by atoms with van der Waals surface area (Å²) in [5.41, 5.74) is 2.87. The number of aryl methyl sites for hydroxylation is 1. The van der Waals surface area contributed by atoms with Crippen molar-refractivity contribution in [2.75, 3.05) is 16.4 Å². The highest BCUT2D eigenvalue weighted by atomic mass is 35.5. The molecule has 0 fully saturated rings. The molecule has 3 aromatic rings. The minimum atomic E-state index is -0.0712. The van der Waals surface area contributed by atoms with E-state index in [4.69, 9.17) is 11.6 Å². The summed E-state index contributed by atoms with van der Waals surface area (Å²) >= 11 is 7.39. The summed E-state index contributed by atoms with van der Waals surface area (Å²) in [5.74, 6) is 1.01. The van der Waals surface area contributed by atoms with Crippen molar-refractivity contribution in [2.24, 2.45) is 0 Å². The first kappa shape index (κ1) is 20.2. The summed E-state index contributed by atoms with van der Waals surface area (Å²) in [6.07, 6.45) is 0. The number of hydrogen-bond donors (Lipinski definition) is 2. The molecule has 8 heteroatoms. The molecule has 6 nitrogen and oxygen atoms in total. The lowest BCUT2D eigenvalue weighted by atomic mass is 10.2. The second-order valence-corrected chi connectivity index (χ2v) is 7.59. The minimum absolute atomic E-state index is 0.0712. The van der Waals surface area contributed by atoms with Gasteiger partial charge in [-0.15, -0.1) is 10.2 Å². The van der Waals surface area contributed by atoms with Crippen LogP contribution in [0.4, 0.5) is 11.4 Å². The molecule has 0 saturated carbocycles. The smallest absolute Gasteiger partial charge is 0.234 e. The maximum atomic E-state index is 12.2. The summed E-state index contributed by atoms with van der Waals surface area (Å²) in [7, 11) is 0. The number of carbonyl (C=O) groups excluding carboxylic acids is 1. The van der Waals surface area contributed by atoms with Crippen LogP contribution in [0.5, 0.6) is 0 Å². The largest absolute Gasteiger partial charge is 0.378 e. The van der Waals surface area contributed by atoms with Crippen molar-refractivity contribution >= 4 is 40.6 Å². The fourth-order valence-corrected chi connectivity index (χ4v) is 3.63. The van der Waals surface area contributed by atoms with Gasteiger partial charge < -0.3 is 15.2 Å². The molecule has 1 aromatic heterocycles. The van der Waals surface area contributed by atoms with Gasteiger partial charge >= 0.3 is 0 Å². The van der Waals surface area contributed by atoms with Crippen molar-refractivity contribution in [3.63, 3.8) is 0 Å². The number of thioether (sulfide) groups is 1. The van der Waals surface area contributed by atoms with Crippen LogP contribution in [0.15, 0.2) is 53.7 Å². The Kier molecular flexibility index (Phi) is 6.95. The molecular formula is C20H22ClN5OS. The molecule has 1 heterocycles. The third-order valence-electron chi connectivity index (χ3n) is 4.05. The molecule has 0 saturated heterocycles. The van der Waals surface area contributed by atoms with E-state index in [1.165, 1.54) is 11.8 Å². The van der Waals surface area contributed by atoms with Crippen LogP contribution >= 0.6 is 23.4 Å². The Balaban J connectivity index is 1.57. The van der Waals surface area contributed by atoms with E-state index in [9.17, 15) is 4.79 Å². The lowest BCUT2D eigenvalue weighted by Crippen LogP contribution is -2.15. The third-order valence-corrected chi connectivity index (χ3v) is 5.25. The molecule has 28 heavy (non-hydrogen) atoms. The van der Waals surface area contributed by atoms with Gasteiger partial charge in [0.2, 0.25) is 5.91 Å². The van der Waals surface area contributed by atoms with Gasteiger partial charge in [-0.1, -0.05) is 47.1 Å². The minimum Gasteiger partial charge on any atom is -0.378 e. The average molecular weight is 416 g/mol.